The van der Waals surface area contributed by atoms with Gasteiger partial charge in [0.15, 0.2) is 5.60 Å². The summed E-state index contributed by atoms with van der Waals surface area (Å²) in [6, 6.07) is 2.57. The van der Waals surface area contributed by atoms with Crippen LogP contribution in [0, 0.1) is 0 Å². The lowest BCUT2D eigenvalue weighted by Crippen LogP contribution is -2.49. The molecule has 90 valence electrons. The highest BCUT2D eigenvalue weighted by molar-refractivity contribution is 5.21. The summed E-state index contributed by atoms with van der Waals surface area (Å²) < 4.78 is 38.4. The van der Waals surface area contributed by atoms with Crippen LogP contribution >= 0.6 is 0 Å². The van der Waals surface area contributed by atoms with Gasteiger partial charge in [-0.25, -0.2) is 0 Å². The monoisotopic (exact) mass is 234 g/mol. The zero-order valence-corrected chi connectivity index (χ0v) is 8.75. The number of alkyl halides is 3. The molecule has 0 amide bonds. The smallest absolute Gasteiger partial charge is 0.375 e. The van der Waals surface area contributed by atoms with E-state index in [9.17, 15) is 18.3 Å². The number of nitrogens with zero attached hydrogens (tertiary/aromatic N) is 1. The molecule has 6 heteroatoms. The Hall–Kier alpha value is -1.14. The number of aliphatic hydroxyl groups is 1. The van der Waals surface area contributed by atoms with Crippen LogP contribution in [0.5, 0.6) is 0 Å². The average Bonchev–Trinajstić information content (AvgIpc) is 2.25. The molecule has 2 N–H and O–H groups in total. The minimum absolute atomic E-state index is 0.261. The van der Waals surface area contributed by atoms with Crippen LogP contribution in [0.4, 0.5) is 13.2 Å². The van der Waals surface area contributed by atoms with E-state index in [1.807, 2.05) is 0 Å². The second-order valence-corrected chi connectivity index (χ2v) is 3.38. The van der Waals surface area contributed by atoms with E-state index in [-0.39, 0.29) is 5.56 Å². The number of rotatable bonds is 4. The Morgan fingerprint density at radius 2 is 2.12 bits per heavy atom. The normalized spacial score (nSPS) is 15.8. The minimum atomic E-state index is -4.74. The molecule has 1 aromatic rings. The summed E-state index contributed by atoms with van der Waals surface area (Å²) in [6.07, 6.45) is -2.36. The highest BCUT2D eigenvalue weighted by atomic mass is 19.4. The summed E-state index contributed by atoms with van der Waals surface area (Å²) in [5, 5.41) is 12.2. The van der Waals surface area contributed by atoms with Crippen molar-refractivity contribution in [2.45, 2.75) is 18.7 Å². The summed E-state index contributed by atoms with van der Waals surface area (Å²) in [5.74, 6) is 0. The first-order chi connectivity index (χ1) is 7.42. The molecule has 0 bridgehead atoms. The van der Waals surface area contributed by atoms with Crippen LogP contribution in [0.3, 0.4) is 0 Å². The average molecular weight is 234 g/mol. The standard InChI is InChI=1S/C10H13F3N2O/c1-2-14-7-9(16,10(11,12)13)8-4-3-5-15-6-8/h3-6,14,16H,2,7H2,1H3. The van der Waals surface area contributed by atoms with Crippen molar-refractivity contribution in [2.75, 3.05) is 13.1 Å². The summed E-state index contributed by atoms with van der Waals surface area (Å²) in [7, 11) is 0. The highest BCUT2D eigenvalue weighted by Crippen LogP contribution is 2.37. The van der Waals surface area contributed by atoms with Gasteiger partial charge in [-0.1, -0.05) is 13.0 Å². The maximum Gasteiger partial charge on any atom is 0.422 e. The van der Waals surface area contributed by atoms with E-state index in [4.69, 9.17) is 0 Å². The third-order valence-corrected chi connectivity index (χ3v) is 2.24. The van der Waals surface area contributed by atoms with Gasteiger partial charge in [0.1, 0.15) is 0 Å². The van der Waals surface area contributed by atoms with Crippen molar-refractivity contribution in [3.63, 3.8) is 0 Å². The van der Waals surface area contributed by atoms with Crippen molar-refractivity contribution in [3.8, 4) is 0 Å². The molecule has 0 fully saturated rings. The van der Waals surface area contributed by atoms with Gasteiger partial charge < -0.3 is 10.4 Å². The van der Waals surface area contributed by atoms with Gasteiger partial charge in [-0.15, -0.1) is 0 Å². The van der Waals surface area contributed by atoms with Crippen LogP contribution < -0.4 is 5.32 Å². The van der Waals surface area contributed by atoms with E-state index >= 15 is 0 Å². The molecule has 0 aliphatic rings. The van der Waals surface area contributed by atoms with Gasteiger partial charge in [0, 0.05) is 24.5 Å². The first kappa shape index (κ1) is 12.9. The molecule has 0 aromatic carbocycles. The van der Waals surface area contributed by atoms with Gasteiger partial charge in [-0.2, -0.15) is 13.2 Å². The van der Waals surface area contributed by atoms with E-state index in [1.165, 1.54) is 18.3 Å². The van der Waals surface area contributed by atoms with Crippen molar-refractivity contribution in [1.29, 1.82) is 0 Å². The number of hydrogen-bond acceptors (Lipinski definition) is 3. The van der Waals surface area contributed by atoms with E-state index in [1.54, 1.807) is 6.92 Å². The topological polar surface area (TPSA) is 45.1 Å². The Morgan fingerprint density at radius 1 is 1.44 bits per heavy atom. The lowest BCUT2D eigenvalue weighted by atomic mass is 9.94. The maximum absolute atomic E-state index is 12.8. The second kappa shape index (κ2) is 4.80. The van der Waals surface area contributed by atoms with Gasteiger partial charge >= 0.3 is 6.18 Å². The number of nitrogens with one attached hydrogen (secondary N) is 1. The molecule has 0 spiro atoms. The first-order valence-corrected chi connectivity index (χ1v) is 4.82. The fourth-order valence-electron chi connectivity index (χ4n) is 1.28. The summed E-state index contributed by atoms with van der Waals surface area (Å²) in [6.45, 7) is 1.43. The molecule has 1 atom stereocenters. The van der Waals surface area contributed by atoms with Crippen molar-refractivity contribution in [3.05, 3.63) is 30.1 Å². The Kier molecular flexibility index (Phi) is 3.88. The van der Waals surface area contributed by atoms with Gasteiger partial charge in [-0.3, -0.25) is 4.98 Å². The molecule has 0 radical (unpaired) electrons. The lowest BCUT2D eigenvalue weighted by Gasteiger charge is -2.30. The molecule has 0 saturated carbocycles. The molecule has 1 rings (SSSR count). The van der Waals surface area contributed by atoms with Crippen LogP contribution in [0.15, 0.2) is 24.5 Å². The van der Waals surface area contributed by atoms with E-state index in [0.29, 0.717) is 6.54 Å². The Balaban J connectivity index is 3.05. The van der Waals surface area contributed by atoms with Crippen LogP contribution in [-0.2, 0) is 5.60 Å². The predicted octanol–water partition coefficient (Wildman–Crippen LogP) is 1.44. The summed E-state index contributed by atoms with van der Waals surface area (Å²) in [4.78, 5) is 3.58. The maximum atomic E-state index is 12.8. The molecule has 3 nitrogen and oxygen atoms in total. The molecular formula is C10H13F3N2O. The fraction of sp³-hybridized carbons (Fsp3) is 0.500. The second-order valence-electron chi connectivity index (χ2n) is 3.38. The van der Waals surface area contributed by atoms with Crippen molar-refractivity contribution >= 4 is 0 Å². The molecule has 0 aliphatic heterocycles. The lowest BCUT2D eigenvalue weighted by molar-refractivity contribution is -0.264. The van der Waals surface area contributed by atoms with E-state index in [0.717, 1.165) is 6.20 Å². The number of hydrogen-bond donors (Lipinski definition) is 2. The van der Waals surface area contributed by atoms with Gasteiger partial charge in [0.25, 0.3) is 0 Å². The summed E-state index contributed by atoms with van der Waals surface area (Å²) in [5.41, 5.74) is -3.15. The molecule has 0 saturated heterocycles. The van der Waals surface area contributed by atoms with Crippen LogP contribution in [0.2, 0.25) is 0 Å². The number of halogens is 3. The molecular weight excluding hydrogens is 221 g/mol. The van der Waals surface area contributed by atoms with Crippen LogP contribution in [0.25, 0.3) is 0 Å². The molecule has 1 unspecified atom stereocenters. The quantitative estimate of drug-likeness (QED) is 0.828. The third kappa shape index (κ3) is 2.51. The largest absolute Gasteiger partial charge is 0.422 e. The number of aromatic nitrogens is 1. The van der Waals surface area contributed by atoms with Crippen LogP contribution in [0.1, 0.15) is 12.5 Å². The minimum Gasteiger partial charge on any atom is -0.375 e. The number of pyridine rings is 1. The third-order valence-electron chi connectivity index (χ3n) is 2.24. The Morgan fingerprint density at radius 3 is 2.56 bits per heavy atom. The SMILES string of the molecule is CCNCC(O)(c1cccnc1)C(F)(F)F. The van der Waals surface area contributed by atoms with Gasteiger partial charge in [0.05, 0.1) is 0 Å². The van der Waals surface area contributed by atoms with E-state index in [2.05, 4.69) is 10.3 Å². The molecule has 0 aliphatic carbocycles. The first-order valence-electron chi connectivity index (χ1n) is 4.82. The molecule has 16 heavy (non-hydrogen) atoms. The van der Waals surface area contributed by atoms with Crippen molar-refractivity contribution in [1.82, 2.24) is 10.3 Å². The molecule has 1 aromatic heterocycles. The zero-order chi connectivity index (χ0) is 12.2. The fourth-order valence-corrected chi connectivity index (χ4v) is 1.28. The van der Waals surface area contributed by atoms with Crippen molar-refractivity contribution < 1.29 is 18.3 Å². The highest BCUT2D eigenvalue weighted by Gasteiger charge is 2.54. The van der Waals surface area contributed by atoms with Gasteiger partial charge in [-0.05, 0) is 12.6 Å². The zero-order valence-electron chi connectivity index (χ0n) is 8.75. The van der Waals surface area contributed by atoms with Crippen molar-refractivity contribution in [2.24, 2.45) is 0 Å². The predicted molar refractivity (Wildman–Crippen MR) is 52.7 cm³/mol. The Labute approximate surface area is 91.3 Å². The Bertz CT molecular complexity index is 329. The van der Waals surface area contributed by atoms with Crippen LogP contribution in [-0.4, -0.2) is 29.4 Å². The molecule has 1 heterocycles. The van der Waals surface area contributed by atoms with Gasteiger partial charge in [0.2, 0.25) is 0 Å². The summed E-state index contributed by atoms with van der Waals surface area (Å²) >= 11 is 0. The van der Waals surface area contributed by atoms with E-state index < -0.39 is 18.3 Å². The number of likely N-dealkylation sites (N-methyl/N-ethyl adjacent to an activating group) is 1.